The minimum absolute atomic E-state index is 0.0328. The van der Waals surface area contributed by atoms with Gasteiger partial charge in [0.15, 0.2) is 6.10 Å². The quantitative estimate of drug-likeness (QED) is 0.0197. The zero-order valence-corrected chi connectivity index (χ0v) is 40.8. The summed E-state index contributed by atoms with van der Waals surface area (Å²) >= 11 is 0. The number of ether oxygens (including phenoxy) is 3. The third kappa shape index (κ3) is 42.3. The van der Waals surface area contributed by atoms with Crippen LogP contribution in [0.3, 0.4) is 0 Å². The zero-order chi connectivity index (χ0) is 45.6. The van der Waals surface area contributed by atoms with Gasteiger partial charge in [-0.3, -0.25) is 9.59 Å². The Morgan fingerprint density at radius 2 is 0.952 bits per heavy atom. The monoisotopic (exact) mass is 870 g/mol. The average molecular weight is 870 g/mol. The van der Waals surface area contributed by atoms with Gasteiger partial charge in [-0.05, 0) is 70.6 Å². The molecule has 0 spiro atoms. The van der Waals surface area contributed by atoms with Gasteiger partial charge in [-0.2, -0.15) is 0 Å². The average Bonchev–Trinajstić information content (AvgIpc) is 3.23. The molecule has 2 atom stereocenters. The number of nitrogens with zero attached hydrogens (tertiary/aromatic N) is 1. The number of esters is 2. The van der Waals surface area contributed by atoms with Crippen LogP contribution >= 0.6 is 0 Å². The first-order valence-corrected chi connectivity index (χ1v) is 25.3. The van der Waals surface area contributed by atoms with Crippen LogP contribution in [0.25, 0.3) is 0 Å². The van der Waals surface area contributed by atoms with Crippen LogP contribution in [0.2, 0.25) is 0 Å². The lowest BCUT2D eigenvalue weighted by Gasteiger charge is -2.34. The number of rotatable bonds is 45. The first-order valence-electron chi connectivity index (χ1n) is 25.3. The third-order valence-electron chi connectivity index (χ3n) is 11.2. The van der Waals surface area contributed by atoms with Gasteiger partial charge in [0.1, 0.15) is 12.6 Å². The van der Waals surface area contributed by atoms with E-state index in [9.17, 15) is 19.5 Å². The van der Waals surface area contributed by atoms with Crippen LogP contribution in [-0.4, -0.2) is 75.5 Å². The molecular formula is C54H95NO7. The van der Waals surface area contributed by atoms with Crippen molar-refractivity contribution in [2.45, 2.75) is 225 Å². The number of likely N-dealkylation sites (N-methyl/N-ethyl adjacent to an activating group) is 1. The Kier molecular flexibility index (Phi) is 42.5. The smallest absolute Gasteiger partial charge is 0.306 e. The lowest BCUT2D eigenvalue weighted by atomic mass is 10.0. The maximum Gasteiger partial charge on any atom is 0.306 e. The standard InChI is InChI=1S/C54H95NO7/c1-6-8-10-12-14-16-18-20-22-24-26-27-29-31-33-35-37-39-41-43-45-53(57)62-50(48-60-47-46-51(54(58)59)55(3,4)5)49-61-52(56)44-42-40-38-36-34-32-30-28-25-23-21-19-17-15-13-11-9-7-2/h8,10,14,16,20,22-23,25,28,30,50-51H,6-7,9,11-13,15,17-19,21,24,26-27,29,31-49H2,1-5H3/b10-8+,16-14+,22-20+,25-23+,30-28+. The van der Waals surface area contributed by atoms with E-state index in [4.69, 9.17) is 14.2 Å². The summed E-state index contributed by atoms with van der Waals surface area (Å²) in [6, 6.07) is -0.731. The fourth-order valence-corrected chi connectivity index (χ4v) is 7.25. The molecule has 0 aliphatic heterocycles. The number of unbranched alkanes of at least 4 members (excludes halogenated alkanes) is 22. The molecule has 0 aromatic heterocycles. The molecule has 0 aliphatic carbocycles. The zero-order valence-electron chi connectivity index (χ0n) is 40.8. The van der Waals surface area contributed by atoms with Gasteiger partial charge in [-0.15, -0.1) is 0 Å². The number of hydrogen-bond acceptors (Lipinski definition) is 7. The maximum atomic E-state index is 12.8. The van der Waals surface area contributed by atoms with Gasteiger partial charge < -0.3 is 28.6 Å². The molecule has 0 heterocycles. The Morgan fingerprint density at radius 3 is 1.44 bits per heavy atom. The second-order valence-corrected chi connectivity index (χ2v) is 18.1. The summed E-state index contributed by atoms with van der Waals surface area (Å²) in [6.07, 6.45) is 55.3. The number of allylic oxidation sites excluding steroid dienone is 10. The molecule has 0 rings (SSSR count). The van der Waals surface area contributed by atoms with Crippen molar-refractivity contribution < 1.29 is 38.2 Å². The molecule has 2 unspecified atom stereocenters. The number of carbonyl (C=O) groups excluding carboxylic acids is 3. The lowest BCUT2D eigenvalue weighted by molar-refractivity contribution is -0.889. The van der Waals surface area contributed by atoms with Crippen molar-refractivity contribution in [2.24, 2.45) is 0 Å². The second-order valence-electron chi connectivity index (χ2n) is 18.1. The minimum atomic E-state index is -1.13. The van der Waals surface area contributed by atoms with E-state index in [1.165, 1.54) is 103 Å². The van der Waals surface area contributed by atoms with Crippen LogP contribution in [0.4, 0.5) is 0 Å². The third-order valence-corrected chi connectivity index (χ3v) is 11.2. The maximum absolute atomic E-state index is 12.8. The van der Waals surface area contributed by atoms with E-state index in [2.05, 4.69) is 74.6 Å². The summed E-state index contributed by atoms with van der Waals surface area (Å²) in [7, 11) is 5.41. The van der Waals surface area contributed by atoms with Crippen molar-refractivity contribution in [2.75, 3.05) is 41.0 Å². The summed E-state index contributed by atoms with van der Waals surface area (Å²) in [6.45, 7) is 4.54. The van der Waals surface area contributed by atoms with Crippen molar-refractivity contribution in [1.29, 1.82) is 0 Å². The molecule has 0 saturated heterocycles. The molecule has 0 aromatic carbocycles. The van der Waals surface area contributed by atoms with E-state index in [1.807, 2.05) is 0 Å². The fraction of sp³-hybridized carbons (Fsp3) is 0.759. The number of aliphatic carboxylic acids is 1. The molecule has 0 amide bonds. The first-order chi connectivity index (χ1) is 30.1. The summed E-state index contributed by atoms with van der Waals surface area (Å²) in [4.78, 5) is 37.0. The van der Waals surface area contributed by atoms with Gasteiger partial charge in [0.05, 0.1) is 40.3 Å². The van der Waals surface area contributed by atoms with Crippen LogP contribution in [0.15, 0.2) is 60.8 Å². The number of hydrogen-bond donors (Lipinski definition) is 0. The highest BCUT2D eigenvalue weighted by Gasteiger charge is 2.25. The normalized spacial score (nSPS) is 13.4. The molecule has 8 nitrogen and oxygen atoms in total. The highest BCUT2D eigenvalue weighted by Crippen LogP contribution is 2.15. The summed E-state index contributed by atoms with van der Waals surface area (Å²) < 4.78 is 17.2. The van der Waals surface area contributed by atoms with E-state index in [1.54, 1.807) is 21.1 Å². The molecule has 358 valence electrons. The molecule has 0 saturated carbocycles. The number of quaternary nitrogens is 1. The molecule has 62 heavy (non-hydrogen) atoms. The number of carbonyl (C=O) groups is 3. The topological polar surface area (TPSA) is 102 Å². The molecule has 0 radical (unpaired) electrons. The summed E-state index contributed by atoms with van der Waals surface area (Å²) in [5.74, 6) is -1.76. The summed E-state index contributed by atoms with van der Waals surface area (Å²) in [5.41, 5.74) is 0. The van der Waals surface area contributed by atoms with E-state index in [0.29, 0.717) is 12.8 Å². The fourth-order valence-electron chi connectivity index (χ4n) is 7.25. The number of carboxylic acids is 1. The van der Waals surface area contributed by atoms with Crippen LogP contribution in [-0.2, 0) is 28.6 Å². The Balaban J connectivity index is 4.29. The molecular weight excluding hydrogens is 775 g/mol. The first kappa shape index (κ1) is 59.0. The predicted octanol–water partition coefficient (Wildman–Crippen LogP) is 13.2. The van der Waals surface area contributed by atoms with E-state index >= 15 is 0 Å². The molecule has 0 aromatic rings. The van der Waals surface area contributed by atoms with E-state index in [0.717, 1.165) is 77.0 Å². The Labute approximate surface area is 381 Å². The molecule has 8 heteroatoms. The van der Waals surface area contributed by atoms with Crippen molar-refractivity contribution in [3.8, 4) is 0 Å². The van der Waals surface area contributed by atoms with Crippen molar-refractivity contribution >= 4 is 17.9 Å². The molecule has 0 N–H and O–H groups in total. The van der Waals surface area contributed by atoms with Gasteiger partial charge >= 0.3 is 11.9 Å². The Morgan fingerprint density at radius 1 is 0.516 bits per heavy atom. The van der Waals surface area contributed by atoms with Crippen molar-refractivity contribution in [1.82, 2.24) is 0 Å². The Bertz CT molecular complexity index is 1200. The largest absolute Gasteiger partial charge is 0.544 e. The van der Waals surface area contributed by atoms with E-state index in [-0.39, 0.29) is 42.7 Å². The van der Waals surface area contributed by atoms with Crippen molar-refractivity contribution in [3.63, 3.8) is 0 Å². The van der Waals surface area contributed by atoms with Crippen LogP contribution < -0.4 is 5.11 Å². The van der Waals surface area contributed by atoms with E-state index < -0.39 is 18.1 Å². The van der Waals surface area contributed by atoms with Crippen LogP contribution in [0, 0.1) is 0 Å². The SMILES string of the molecule is CC/C=C/C/C=C/C/C=C/CCCCCCCCCCCCC(=O)OC(COCCC(C(=O)[O-])[N+](C)(C)C)COC(=O)CCCCCCC/C=C/C=C/CCCCCCCCC. The van der Waals surface area contributed by atoms with Crippen molar-refractivity contribution in [3.05, 3.63) is 60.8 Å². The lowest BCUT2D eigenvalue weighted by Crippen LogP contribution is -2.55. The van der Waals surface area contributed by atoms with Crippen LogP contribution in [0.1, 0.15) is 213 Å². The molecule has 0 bridgehead atoms. The van der Waals surface area contributed by atoms with Gasteiger partial charge in [-0.25, -0.2) is 0 Å². The van der Waals surface area contributed by atoms with Gasteiger partial charge in [0.2, 0.25) is 0 Å². The summed E-state index contributed by atoms with van der Waals surface area (Å²) in [5, 5.41) is 11.7. The molecule has 0 fully saturated rings. The Hall–Kier alpha value is -2.97. The van der Waals surface area contributed by atoms with Gasteiger partial charge in [0, 0.05) is 19.3 Å². The highest BCUT2D eigenvalue weighted by atomic mass is 16.6. The van der Waals surface area contributed by atoms with Gasteiger partial charge in [0.25, 0.3) is 0 Å². The minimum Gasteiger partial charge on any atom is -0.544 e. The number of carboxylic acid groups (broad SMARTS) is 1. The molecule has 0 aliphatic rings. The van der Waals surface area contributed by atoms with Gasteiger partial charge in [-0.1, -0.05) is 184 Å². The predicted molar refractivity (Wildman–Crippen MR) is 259 cm³/mol. The highest BCUT2D eigenvalue weighted by molar-refractivity contribution is 5.70. The second kappa shape index (κ2) is 44.6. The van der Waals surface area contributed by atoms with Crippen LogP contribution in [0.5, 0.6) is 0 Å².